The topological polar surface area (TPSA) is 30.0 Å². The van der Waals surface area contributed by atoms with Crippen molar-refractivity contribution >= 4 is 5.78 Å². The maximum Gasteiger partial charge on any atom is 0.161 e. The molecule has 1 heterocycles. The minimum absolute atomic E-state index is 0.0919. The first-order chi connectivity index (χ1) is 8.72. The van der Waals surface area contributed by atoms with E-state index in [2.05, 4.69) is 24.0 Å². The van der Waals surface area contributed by atoms with Crippen molar-refractivity contribution in [1.82, 2.24) is 4.98 Å². The Balaban J connectivity index is 2.39. The minimum Gasteiger partial charge on any atom is -0.294 e. The molecule has 0 N–H and O–H groups in total. The number of carbonyl (C=O) groups excluding carboxylic acids is 1. The number of carbonyl (C=O) groups is 1. The maximum absolute atomic E-state index is 11.6. The molecule has 0 saturated carbocycles. The molecule has 0 radical (unpaired) electrons. The van der Waals surface area contributed by atoms with Crippen molar-refractivity contribution in [2.24, 2.45) is 0 Å². The van der Waals surface area contributed by atoms with Crippen LogP contribution in [0.1, 0.15) is 40.9 Å². The second kappa shape index (κ2) is 5.58. The highest BCUT2D eigenvalue weighted by molar-refractivity contribution is 5.95. The number of hydrogen-bond acceptors (Lipinski definition) is 2. The molecular formula is C16H17NO. The number of rotatable bonds is 4. The smallest absolute Gasteiger partial charge is 0.161 e. The molecule has 0 aliphatic carbocycles. The van der Waals surface area contributed by atoms with Crippen LogP contribution in [0.3, 0.4) is 0 Å². The number of benzene rings is 1. The van der Waals surface area contributed by atoms with Crippen molar-refractivity contribution in [3.63, 3.8) is 0 Å². The van der Waals surface area contributed by atoms with Crippen LogP contribution in [0.2, 0.25) is 0 Å². The van der Waals surface area contributed by atoms with E-state index in [1.54, 1.807) is 13.1 Å². The highest BCUT2D eigenvalue weighted by Gasteiger charge is 2.11. The van der Waals surface area contributed by atoms with Crippen LogP contribution < -0.4 is 0 Å². The Morgan fingerprint density at radius 2 is 1.89 bits per heavy atom. The highest BCUT2D eigenvalue weighted by atomic mass is 16.1. The van der Waals surface area contributed by atoms with Crippen molar-refractivity contribution in [2.45, 2.75) is 26.7 Å². The van der Waals surface area contributed by atoms with E-state index < -0.39 is 0 Å². The zero-order valence-corrected chi connectivity index (χ0v) is 10.8. The van der Waals surface area contributed by atoms with Crippen molar-refractivity contribution in [2.75, 3.05) is 0 Å². The first-order valence-electron chi connectivity index (χ1n) is 6.23. The zero-order chi connectivity index (χ0) is 13.0. The number of nitrogens with zero attached hydrogens (tertiary/aromatic N) is 1. The van der Waals surface area contributed by atoms with Crippen molar-refractivity contribution < 1.29 is 4.79 Å². The third-order valence-corrected chi connectivity index (χ3v) is 3.12. The first-order valence-corrected chi connectivity index (χ1v) is 6.23. The van der Waals surface area contributed by atoms with E-state index >= 15 is 0 Å². The van der Waals surface area contributed by atoms with Crippen LogP contribution in [0.15, 0.2) is 42.7 Å². The van der Waals surface area contributed by atoms with Gasteiger partial charge in [0.1, 0.15) is 0 Å². The van der Waals surface area contributed by atoms with E-state index in [4.69, 9.17) is 0 Å². The third-order valence-electron chi connectivity index (χ3n) is 3.12. The van der Waals surface area contributed by atoms with Crippen LogP contribution in [-0.2, 0) is 12.8 Å². The summed E-state index contributed by atoms with van der Waals surface area (Å²) in [6, 6.07) is 10.3. The average molecular weight is 239 g/mol. The Bertz CT molecular complexity index is 546. The molecule has 18 heavy (non-hydrogen) atoms. The lowest BCUT2D eigenvalue weighted by Crippen LogP contribution is -2.05. The molecule has 0 amide bonds. The second-order valence-electron chi connectivity index (χ2n) is 4.40. The molecule has 0 unspecified atom stereocenters. The number of ketones is 1. The number of aromatic nitrogens is 1. The van der Waals surface area contributed by atoms with E-state index in [1.807, 2.05) is 24.4 Å². The van der Waals surface area contributed by atoms with Gasteiger partial charge < -0.3 is 0 Å². The molecule has 2 heteroatoms. The lowest BCUT2D eigenvalue weighted by atomic mass is 9.95. The first kappa shape index (κ1) is 12.5. The summed E-state index contributed by atoms with van der Waals surface area (Å²) in [7, 11) is 0. The summed E-state index contributed by atoms with van der Waals surface area (Å²) in [5, 5.41) is 0. The fourth-order valence-corrected chi connectivity index (χ4v) is 2.22. The molecule has 0 atom stereocenters. The van der Waals surface area contributed by atoms with Gasteiger partial charge in [0.05, 0.1) is 0 Å². The molecule has 1 aromatic carbocycles. The molecule has 0 bridgehead atoms. The predicted molar refractivity (Wildman–Crippen MR) is 72.9 cm³/mol. The minimum atomic E-state index is 0.0919. The Hall–Kier alpha value is -1.96. The standard InChI is InChI=1S/C16H17NO/c1-3-15-14(9-13-7-5-4-6-8-13)10-17-11-16(15)12(2)18/h4-8,10-11H,3,9H2,1-2H3. The van der Waals surface area contributed by atoms with Gasteiger partial charge in [0, 0.05) is 18.0 Å². The molecule has 0 fully saturated rings. The van der Waals surface area contributed by atoms with Gasteiger partial charge in [0.15, 0.2) is 5.78 Å². The Kier molecular flexibility index (Phi) is 3.88. The molecule has 92 valence electrons. The average Bonchev–Trinajstić information content (AvgIpc) is 2.39. The van der Waals surface area contributed by atoms with Gasteiger partial charge in [-0.05, 0) is 36.5 Å². The lowest BCUT2D eigenvalue weighted by Gasteiger charge is -2.11. The van der Waals surface area contributed by atoms with Crippen molar-refractivity contribution in [3.8, 4) is 0 Å². The van der Waals surface area contributed by atoms with Crippen LogP contribution in [-0.4, -0.2) is 10.8 Å². The molecule has 0 aliphatic rings. The van der Waals surface area contributed by atoms with Gasteiger partial charge in [-0.1, -0.05) is 37.3 Å². The molecule has 0 saturated heterocycles. The Labute approximate surface area is 108 Å². The fourth-order valence-electron chi connectivity index (χ4n) is 2.22. The quantitative estimate of drug-likeness (QED) is 0.765. The number of Topliss-reactive ketones (excluding diaryl/α,β-unsaturated/α-hetero) is 1. The summed E-state index contributed by atoms with van der Waals surface area (Å²) in [5.41, 5.74) is 4.28. The molecule has 0 aliphatic heterocycles. The van der Waals surface area contributed by atoms with E-state index in [1.165, 1.54) is 5.56 Å². The number of pyridine rings is 1. The zero-order valence-electron chi connectivity index (χ0n) is 10.8. The summed E-state index contributed by atoms with van der Waals surface area (Å²) in [5.74, 6) is 0.0919. The van der Waals surface area contributed by atoms with Gasteiger partial charge >= 0.3 is 0 Å². The molecule has 2 rings (SSSR count). The van der Waals surface area contributed by atoms with E-state index in [0.29, 0.717) is 0 Å². The second-order valence-corrected chi connectivity index (χ2v) is 4.40. The van der Waals surface area contributed by atoms with E-state index in [0.717, 1.165) is 29.5 Å². The van der Waals surface area contributed by atoms with Crippen LogP contribution >= 0.6 is 0 Å². The summed E-state index contributed by atoms with van der Waals surface area (Å²) >= 11 is 0. The van der Waals surface area contributed by atoms with Gasteiger partial charge in [-0.2, -0.15) is 0 Å². The molecular weight excluding hydrogens is 222 g/mol. The normalized spacial score (nSPS) is 10.3. The Morgan fingerprint density at radius 3 is 2.50 bits per heavy atom. The summed E-state index contributed by atoms with van der Waals surface area (Å²) < 4.78 is 0. The van der Waals surface area contributed by atoms with Crippen LogP contribution in [0.4, 0.5) is 0 Å². The van der Waals surface area contributed by atoms with Crippen LogP contribution in [0.25, 0.3) is 0 Å². The van der Waals surface area contributed by atoms with E-state index in [-0.39, 0.29) is 5.78 Å². The van der Waals surface area contributed by atoms with Crippen LogP contribution in [0.5, 0.6) is 0 Å². The lowest BCUT2D eigenvalue weighted by molar-refractivity contribution is 0.101. The summed E-state index contributed by atoms with van der Waals surface area (Å²) in [4.78, 5) is 15.8. The fraction of sp³-hybridized carbons (Fsp3) is 0.250. The van der Waals surface area contributed by atoms with Crippen molar-refractivity contribution in [1.29, 1.82) is 0 Å². The largest absolute Gasteiger partial charge is 0.294 e. The highest BCUT2D eigenvalue weighted by Crippen LogP contribution is 2.18. The summed E-state index contributed by atoms with van der Waals surface area (Å²) in [6.45, 7) is 3.68. The van der Waals surface area contributed by atoms with Gasteiger partial charge in [0.2, 0.25) is 0 Å². The SMILES string of the molecule is CCc1c(Cc2ccccc2)cncc1C(C)=O. The molecule has 1 aromatic heterocycles. The van der Waals surface area contributed by atoms with Crippen molar-refractivity contribution in [3.05, 3.63) is 65.0 Å². The van der Waals surface area contributed by atoms with Gasteiger partial charge in [-0.15, -0.1) is 0 Å². The molecule has 0 spiro atoms. The van der Waals surface area contributed by atoms with Gasteiger partial charge in [-0.3, -0.25) is 9.78 Å². The third kappa shape index (κ3) is 2.65. The predicted octanol–water partition coefficient (Wildman–Crippen LogP) is 3.44. The number of hydrogen-bond donors (Lipinski definition) is 0. The van der Waals surface area contributed by atoms with Gasteiger partial charge in [-0.25, -0.2) is 0 Å². The maximum atomic E-state index is 11.6. The monoisotopic (exact) mass is 239 g/mol. The molecule has 2 aromatic rings. The van der Waals surface area contributed by atoms with Crippen LogP contribution in [0, 0.1) is 0 Å². The summed E-state index contributed by atoms with van der Waals surface area (Å²) in [6.07, 6.45) is 5.24. The molecule has 2 nitrogen and oxygen atoms in total. The Morgan fingerprint density at radius 1 is 1.17 bits per heavy atom. The van der Waals surface area contributed by atoms with E-state index in [9.17, 15) is 4.79 Å². The van der Waals surface area contributed by atoms with Gasteiger partial charge in [0.25, 0.3) is 0 Å².